The molecule has 5 nitrogen and oxygen atoms in total. The maximum absolute atomic E-state index is 12.3. The molecule has 0 heterocycles. The second-order valence-corrected chi connectivity index (χ2v) is 6.50. The van der Waals surface area contributed by atoms with Crippen LogP contribution >= 0.6 is 11.6 Å². The Balaban J connectivity index is 1.83. The normalized spacial score (nSPS) is 21.6. The van der Waals surface area contributed by atoms with Crippen molar-refractivity contribution in [3.05, 3.63) is 34.9 Å². The summed E-state index contributed by atoms with van der Waals surface area (Å²) in [5.74, 6) is -1.08. The van der Waals surface area contributed by atoms with E-state index >= 15 is 0 Å². The van der Waals surface area contributed by atoms with Crippen LogP contribution in [0.25, 0.3) is 0 Å². The lowest BCUT2D eigenvalue weighted by Gasteiger charge is -2.42. The molecule has 0 saturated heterocycles. The summed E-state index contributed by atoms with van der Waals surface area (Å²) in [5.41, 5.74) is 0.895. The van der Waals surface area contributed by atoms with E-state index in [1.807, 2.05) is 30.9 Å². The first kappa shape index (κ1) is 17.8. The first-order valence-electron chi connectivity index (χ1n) is 7.92. The van der Waals surface area contributed by atoms with E-state index in [1.54, 1.807) is 12.1 Å². The fourth-order valence-electron chi connectivity index (χ4n) is 2.93. The summed E-state index contributed by atoms with van der Waals surface area (Å²) in [7, 11) is 0. The SMILES string of the molecule is CCN(CC(=O)O)C1CC(NC(=O)C(C)c2cccc(Cl)c2)C1. The number of aliphatic carboxylic acids is 1. The van der Waals surface area contributed by atoms with Gasteiger partial charge in [0.1, 0.15) is 0 Å². The molecule has 2 N–H and O–H groups in total. The number of rotatable bonds is 7. The molecule has 0 bridgehead atoms. The fraction of sp³-hybridized carbons (Fsp3) is 0.529. The zero-order valence-electron chi connectivity index (χ0n) is 13.5. The quantitative estimate of drug-likeness (QED) is 0.801. The number of amides is 1. The summed E-state index contributed by atoms with van der Waals surface area (Å²) in [6.07, 6.45) is 1.60. The van der Waals surface area contributed by atoms with Gasteiger partial charge < -0.3 is 10.4 Å². The Morgan fingerprint density at radius 1 is 1.43 bits per heavy atom. The Morgan fingerprint density at radius 3 is 2.70 bits per heavy atom. The van der Waals surface area contributed by atoms with Crippen LogP contribution in [0.5, 0.6) is 0 Å². The molecule has 0 aromatic heterocycles. The van der Waals surface area contributed by atoms with Crippen LogP contribution in [0.15, 0.2) is 24.3 Å². The number of likely N-dealkylation sites (N-methyl/N-ethyl adjacent to an activating group) is 1. The molecule has 1 aliphatic carbocycles. The van der Waals surface area contributed by atoms with Crippen molar-refractivity contribution in [1.82, 2.24) is 10.2 Å². The second kappa shape index (κ2) is 7.79. The van der Waals surface area contributed by atoms with Crippen LogP contribution in [-0.2, 0) is 9.59 Å². The summed E-state index contributed by atoms with van der Waals surface area (Å²) in [6.45, 7) is 4.58. The van der Waals surface area contributed by atoms with Gasteiger partial charge in [-0.3, -0.25) is 14.5 Å². The number of hydrogen-bond donors (Lipinski definition) is 2. The summed E-state index contributed by atoms with van der Waals surface area (Å²) < 4.78 is 0. The van der Waals surface area contributed by atoms with E-state index in [0.29, 0.717) is 11.6 Å². The van der Waals surface area contributed by atoms with Crippen LogP contribution in [0.1, 0.15) is 38.2 Å². The summed E-state index contributed by atoms with van der Waals surface area (Å²) in [5, 5.41) is 12.6. The minimum absolute atomic E-state index is 0.0167. The van der Waals surface area contributed by atoms with Crippen LogP contribution in [0.3, 0.4) is 0 Å². The van der Waals surface area contributed by atoms with E-state index in [-0.39, 0.29) is 30.5 Å². The average molecular weight is 339 g/mol. The van der Waals surface area contributed by atoms with Crippen LogP contribution in [-0.4, -0.2) is 47.1 Å². The summed E-state index contributed by atoms with van der Waals surface area (Å²) in [4.78, 5) is 25.1. The lowest BCUT2D eigenvalue weighted by atomic mass is 9.84. The smallest absolute Gasteiger partial charge is 0.317 e. The summed E-state index contributed by atoms with van der Waals surface area (Å²) in [6, 6.07) is 7.69. The second-order valence-electron chi connectivity index (χ2n) is 6.06. The van der Waals surface area contributed by atoms with Crippen LogP contribution in [0, 0.1) is 0 Å². The largest absolute Gasteiger partial charge is 0.480 e. The molecule has 0 aliphatic heterocycles. The zero-order chi connectivity index (χ0) is 17.0. The highest BCUT2D eigenvalue weighted by atomic mass is 35.5. The molecule has 0 radical (unpaired) electrons. The topological polar surface area (TPSA) is 69.6 Å². The number of benzene rings is 1. The molecule has 2 rings (SSSR count). The van der Waals surface area contributed by atoms with Crippen molar-refractivity contribution in [2.45, 2.75) is 44.7 Å². The molecule has 6 heteroatoms. The molecule has 23 heavy (non-hydrogen) atoms. The van der Waals surface area contributed by atoms with Gasteiger partial charge in [-0.15, -0.1) is 0 Å². The van der Waals surface area contributed by atoms with Crippen molar-refractivity contribution < 1.29 is 14.7 Å². The van der Waals surface area contributed by atoms with Gasteiger partial charge in [0.15, 0.2) is 0 Å². The number of carbonyl (C=O) groups excluding carboxylic acids is 1. The van der Waals surface area contributed by atoms with E-state index in [9.17, 15) is 9.59 Å². The third-order valence-corrected chi connectivity index (χ3v) is 4.70. The van der Waals surface area contributed by atoms with Gasteiger partial charge in [0.2, 0.25) is 5.91 Å². The van der Waals surface area contributed by atoms with Gasteiger partial charge in [0.25, 0.3) is 0 Å². The highest BCUT2D eigenvalue weighted by Gasteiger charge is 2.35. The van der Waals surface area contributed by atoms with Gasteiger partial charge in [-0.1, -0.05) is 30.7 Å². The van der Waals surface area contributed by atoms with E-state index in [4.69, 9.17) is 16.7 Å². The molecule has 126 valence electrons. The molecule has 1 aromatic carbocycles. The van der Waals surface area contributed by atoms with Crippen LogP contribution in [0.4, 0.5) is 0 Å². The highest BCUT2D eigenvalue weighted by Crippen LogP contribution is 2.27. The highest BCUT2D eigenvalue weighted by molar-refractivity contribution is 6.30. The summed E-state index contributed by atoms with van der Waals surface area (Å²) >= 11 is 5.96. The Kier molecular flexibility index (Phi) is 6.02. The Morgan fingerprint density at radius 2 is 2.13 bits per heavy atom. The number of halogens is 1. The van der Waals surface area contributed by atoms with E-state index < -0.39 is 5.97 Å². The van der Waals surface area contributed by atoms with Gasteiger partial charge in [-0.05, 0) is 44.0 Å². The fourth-order valence-corrected chi connectivity index (χ4v) is 3.13. The Labute approximate surface area is 141 Å². The lowest BCUT2D eigenvalue weighted by molar-refractivity contribution is -0.139. The maximum Gasteiger partial charge on any atom is 0.317 e. The molecule has 0 spiro atoms. The molecule has 1 atom stereocenters. The van der Waals surface area contributed by atoms with E-state index in [1.165, 1.54) is 0 Å². The molecule has 1 saturated carbocycles. The maximum atomic E-state index is 12.3. The number of hydrogen-bond acceptors (Lipinski definition) is 3. The van der Waals surface area contributed by atoms with Crippen molar-refractivity contribution in [2.75, 3.05) is 13.1 Å². The van der Waals surface area contributed by atoms with Crippen LogP contribution < -0.4 is 5.32 Å². The monoisotopic (exact) mass is 338 g/mol. The minimum atomic E-state index is -0.811. The van der Waals surface area contributed by atoms with Crippen molar-refractivity contribution >= 4 is 23.5 Å². The number of carbonyl (C=O) groups is 2. The third kappa shape index (κ3) is 4.69. The van der Waals surface area contributed by atoms with Gasteiger partial charge in [0, 0.05) is 17.1 Å². The molecule has 1 fully saturated rings. The van der Waals surface area contributed by atoms with Gasteiger partial charge in [-0.2, -0.15) is 0 Å². The van der Waals surface area contributed by atoms with Gasteiger partial charge in [-0.25, -0.2) is 0 Å². The predicted molar refractivity (Wildman–Crippen MR) is 89.7 cm³/mol. The van der Waals surface area contributed by atoms with Gasteiger partial charge >= 0.3 is 5.97 Å². The van der Waals surface area contributed by atoms with Crippen molar-refractivity contribution in [2.24, 2.45) is 0 Å². The minimum Gasteiger partial charge on any atom is -0.480 e. The number of nitrogens with one attached hydrogen (secondary N) is 1. The predicted octanol–water partition coefficient (Wildman–Crippen LogP) is 2.50. The average Bonchev–Trinajstić information content (AvgIpc) is 2.47. The Bertz CT molecular complexity index is 573. The standard InChI is InChI=1S/C17H23ClN2O3/c1-3-20(10-16(21)22)15-8-14(9-15)19-17(23)11(2)12-5-4-6-13(18)7-12/h4-7,11,14-15H,3,8-10H2,1-2H3,(H,19,23)(H,21,22). The van der Waals surface area contributed by atoms with Gasteiger partial charge in [0.05, 0.1) is 12.5 Å². The lowest BCUT2D eigenvalue weighted by Crippen LogP contribution is -2.55. The Hall–Kier alpha value is -1.59. The van der Waals surface area contributed by atoms with Crippen molar-refractivity contribution in [1.29, 1.82) is 0 Å². The molecule has 1 unspecified atom stereocenters. The zero-order valence-corrected chi connectivity index (χ0v) is 14.2. The van der Waals surface area contributed by atoms with Crippen LogP contribution in [0.2, 0.25) is 5.02 Å². The third-order valence-electron chi connectivity index (χ3n) is 4.46. The first-order chi connectivity index (χ1) is 10.9. The molecular weight excluding hydrogens is 316 g/mol. The van der Waals surface area contributed by atoms with Crippen molar-refractivity contribution in [3.8, 4) is 0 Å². The van der Waals surface area contributed by atoms with E-state index in [2.05, 4.69) is 5.32 Å². The molecule has 1 aromatic rings. The molecule has 1 amide bonds. The number of nitrogens with zero attached hydrogens (tertiary/aromatic N) is 1. The number of carboxylic acids is 1. The molecule has 1 aliphatic rings. The molecular formula is C17H23ClN2O3. The first-order valence-corrected chi connectivity index (χ1v) is 8.30. The number of carboxylic acid groups (broad SMARTS) is 1. The van der Waals surface area contributed by atoms with Crippen molar-refractivity contribution in [3.63, 3.8) is 0 Å². The van der Waals surface area contributed by atoms with E-state index in [0.717, 1.165) is 18.4 Å².